The first-order valence-electron chi connectivity index (χ1n) is 8.30. The van der Waals surface area contributed by atoms with E-state index in [0.717, 1.165) is 6.42 Å². The first-order valence-corrected chi connectivity index (χ1v) is 8.30. The van der Waals surface area contributed by atoms with Crippen LogP contribution in [0.5, 0.6) is 11.5 Å². The first kappa shape index (κ1) is 17.8. The summed E-state index contributed by atoms with van der Waals surface area (Å²) in [4.78, 5) is 27.0. The zero-order chi connectivity index (χ0) is 18.7. The number of ether oxygens (including phenoxy) is 2. The molecule has 0 saturated carbocycles. The molecule has 138 valence electrons. The second-order valence-corrected chi connectivity index (χ2v) is 6.04. The van der Waals surface area contributed by atoms with E-state index in [2.05, 4.69) is 10.5 Å². The summed E-state index contributed by atoms with van der Waals surface area (Å²) in [5, 5.41) is 6.46. The van der Waals surface area contributed by atoms with Gasteiger partial charge >= 0.3 is 0 Å². The molecule has 0 unspecified atom stereocenters. The Morgan fingerprint density at radius 2 is 2.00 bits per heavy atom. The Kier molecular flexibility index (Phi) is 5.11. The van der Waals surface area contributed by atoms with Crippen LogP contribution in [0.2, 0.25) is 0 Å². The van der Waals surface area contributed by atoms with Crippen molar-refractivity contribution in [2.75, 3.05) is 26.1 Å². The molecule has 1 aliphatic rings. The van der Waals surface area contributed by atoms with Crippen molar-refractivity contribution in [1.29, 1.82) is 0 Å². The van der Waals surface area contributed by atoms with Gasteiger partial charge in [-0.3, -0.25) is 9.59 Å². The lowest BCUT2D eigenvalue weighted by Crippen LogP contribution is -2.43. The molecule has 8 nitrogen and oxygen atoms in total. The molecule has 1 aliphatic heterocycles. The van der Waals surface area contributed by atoms with Crippen molar-refractivity contribution in [3.63, 3.8) is 0 Å². The molecule has 1 saturated heterocycles. The lowest BCUT2D eigenvalue weighted by atomic mass is 10.1. The quantitative estimate of drug-likeness (QED) is 0.880. The van der Waals surface area contributed by atoms with E-state index in [1.807, 2.05) is 0 Å². The highest BCUT2D eigenvalue weighted by molar-refractivity contribution is 6.01. The van der Waals surface area contributed by atoms with Gasteiger partial charge in [0, 0.05) is 18.2 Å². The Balaban J connectivity index is 1.76. The highest BCUT2D eigenvalue weighted by Gasteiger charge is 2.35. The Morgan fingerprint density at radius 3 is 2.65 bits per heavy atom. The molecule has 2 heterocycles. The van der Waals surface area contributed by atoms with Gasteiger partial charge in [-0.25, -0.2) is 0 Å². The molecule has 0 aliphatic carbocycles. The van der Waals surface area contributed by atoms with Gasteiger partial charge in [0.15, 0.2) is 17.3 Å². The molecule has 1 atom stereocenters. The molecule has 2 aromatic rings. The van der Waals surface area contributed by atoms with Crippen LogP contribution < -0.4 is 14.8 Å². The summed E-state index contributed by atoms with van der Waals surface area (Å²) >= 11 is 0. The predicted molar refractivity (Wildman–Crippen MR) is 93.5 cm³/mol. The van der Waals surface area contributed by atoms with Crippen LogP contribution in [0.25, 0.3) is 0 Å². The van der Waals surface area contributed by atoms with Crippen LogP contribution in [0.4, 0.5) is 5.82 Å². The normalized spacial score (nSPS) is 16.4. The standard InChI is InChI=1S/C18H21N3O5/c1-11-9-16(20-26-11)19-17(22)13-5-4-8-21(13)18(23)12-6-7-14(24-2)15(10-12)25-3/h6-7,9-10,13H,4-5,8H2,1-3H3,(H,19,20,22)/t13-/m0/s1. The molecule has 26 heavy (non-hydrogen) atoms. The zero-order valence-electron chi connectivity index (χ0n) is 14.9. The van der Waals surface area contributed by atoms with Gasteiger partial charge in [-0.15, -0.1) is 0 Å². The van der Waals surface area contributed by atoms with Crippen molar-refractivity contribution in [1.82, 2.24) is 10.1 Å². The Bertz CT molecular complexity index is 817. The minimum Gasteiger partial charge on any atom is -0.493 e. The first-order chi connectivity index (χ1) is 12.5. The molecule has 0 radical (unpaired) electrons. The number of anilines is 1. The minimum atomic E-state index is -0.549. The number of aromatic nitrogens is 1. The number of methoxy groups -OCH3 is 2. The van der Waals surface area contributed by atoms with Crippen molar-refractivity contribution in [2.45, 2.75) is 25.8 Å². The summed E-state index contributed by atoms with van der Waals surface area (Å²) < 4.78 is 15.4. The van der Waals surface area contributed by atoms with E-state index in [1.54, 1.807) is 36.1 Å². The molecule has 3 rings (SSSR count). The molecule has 0 spiro atoms. The Hall–Kier alpha value is -3.03. The lowest BCUT2D eigenvalue weighted by molar-refractivity contribution is -0.119. The van der Waals surface area contributed by atoms with E-state index in [0.29, 0.717) is 41.6 Å². The number of amides is 2. The number of nitrogens with one attached hydrogen (secondary N) is 1. The third-order valence-electron chi connectivity index (χ3n) is 4.33. The fourth-order valence-corrected chi connectivity index (χ4v) is 3.05. The highest BCUT2D eigenvalue weighted by atomic mass is 16.5. The van der Waals surface area contributed by atoms with Gasteiger partial charge in [-0.05, 0) is 38.0 Å². The number of aryl methyl sites for hydroxylation is 1. The summed E-state index contributed by atoms with van der Waals surface area (Å²) in [6.07, 6.45) is 1.36. The van der Waals surface area contributed by atoms with Gasteiger partial charge < -0.3 is 24.2 Å². The van der Waals surface area contributed by atoms with E-state index in [9.17, 15) is 9.59 Å². The van der Waals surface area contributed by atoms with Gasteiger partial charge in [0.25, 0.3) is 5.91 Å². The van der Waals surface area contributed by atoms with E-state index >= 15 is 0 Å². The highest BCUT2D eigenvalue weighted by Crippen LogP contribution is 2.29. The molecular weight excluding hydrogens is 338 g/mol. The van der Waals surface area contributed by atoms with Gasteiger partial charge in [0.1, 0.15) is 11.8 Å². The Morgan fingerprint density at radius 1 is 1.23 bits per heavy atom. The van der Waals surface area contributed by atoms with Crippen molar-refractivity contribution in [2.24, 2.45) is 0 Å². The van der Waals surface area contributed by atoms with Crippen LogP contribution in [-0.2, 0) is 4.79 Å². The van der Waals surface area contributed by atoms with Crippen molar-refractivity contribution in [3.8, 4) is 11.5 Å². The van der Waals surface area contributed by atoms with Crippen LogP contribution >= 0.6 is 0 Å². The number of benzene rings is 1. The molecule has 2 amide bonds. The van der Waals surface area contributed by atoms with Crippen LogP contribution in [0, 0.1) is 6.92 Å². The second-order valence-electron chi connectivity index (χ2n) is 6.04. The van der Waals surface area contributed by atoms with E-state index < -0.39 is 6.04 Å². The monoisotopic (exact) mass is 359 g/mol. The number of rotatable bonds is 5. The van der Waals surface area contributed by atoms with E-state index in [-0.39, 0.29) is 11.8 Å². The van der Waals surface area contributed by atoms with Gasteiger partial charge in [0.05, 0.1) is 14.2 Å². The van der Waals surface area contributed by atoms with Crippen LogP contribution in [0.15, 0.2) is 28.8 Å². The van der Waals surface area contributed by atoms with Crippen LogP contribution in [0.3, 0.4) is 0 Å². The molecule has 1 fully saturated rings. The molecule has 1 N–H and O–H groups in total. The fourth-order valence-electron chi connectivity index (χ4n) is 3.05. The van der Waals surface area contributed by atoms with Gasteiger partial charge in [-0.2, -0.15) is 0 Å². The average molecular weight is 359 g/mol. The zero-order valence-corrected chi connectivity index (χ0v) is 14.9. The molecule has 0 bridgehead atoms. The maximum atomic E-state index is 12.9. The van der Waals surface area contributed by atoms with E-state index in [1.165, 1.54) is 14.2 Å². The number of carbonyl (C=O) groups excluding carboxylic acids is 2. The number of likely N-dealkylation sites (tertiary alicyclic amines) is 1. The number of nitrogens with zero attached hydrogens (tertiary/aromatic N) is 2. The summed E-state index contributed by atoms with van der Waals surface area (Å²) in [5.41, 5.74) is 0.444. The van der Waals surface area contributed by atoms with Crippen LogP contribution in [0.1, 0.15) is 29.0 Å². The third-order valence-corrected chi connectivity index (χ3v) is 4.33. The minimum absolute atomic E-state index is 0.222. The average Bonchev–Trinajstić information content (AvgIpc) is 3.29. The molecule has 8 heteroatoms. The largest absolute Gasteiger partial charge is 0.493 e. The van der Waals surface area contributed by atoms with Crippen molar-refractivity contribution in [3.05, 3.63) is 35.6 Å². The number of carbonyl (C=O) groups is 2. The van der Waals surface area contributed by atoms with Crippen molar-refractivity contribution < 1.29 is 23.6 Å². The molecule has 1 aromatic carbocycles. The number of hydrogen-bond acceptors (Lipinski definition) is 6. The topological polar surface area (TPSA) is 93.9 Å². The van der Waals surface area contributed by atoms with Crippen molar-refractivity contribution >= 4 is 17.6 Å². The third kappa shape index (κ3) is 3.49. The maximum absolute atomic E-state index is 12.9. The molecular formula is C18H21N3O5. The fraction of sp³-hybridized carbons (Fsp3) is 0.389. The lowest BCUT2D eigenvalue weighted by Gasteiger charge is -2.24. The predicted octanol–water partition coefficient (Wildman–Crippen LogP) is 2.24. The SMILES string of the molecule is COc1ccc(C(=O)N2CCC[C@H]2C(=O)Nc2cc(C)on2)cc1OC. The van der Waals surface area contributed by atoms with Gasteiger partial charge in [-0.1, -0.05) is 5.16 Å². The van der Waals surface area contributed by atoms with Gasteiger partial charge in [0.2, 0.25) is 5.91 Å². The summed E-state index contributed by atoms with van der Waals surface area (Å²) in [5.74, 6) is 1.46. The maximum Gasteiger partial charge on any atom is 0.254 e. The van der Waals surface area contributed by atoms with E-state index in [4.69, 9.17) is 14.0 Å². The summed E-state index contributed by atoms with van der Waals surface area (Å²) in [6.45, 7) is 2.26. The Labute approximate surface area is 151 Å². The second kappa shape index (κ2) is 7.47. The van der Waals surface area contributed by atoms with Crippen LogP contribution in [-0.4, -0.2) is 48.7 Å². The molecule has 1 aromatic heterocycles. The number of hydrogen-bond donors (Lipinski definition) is 1. The summed E-state index contributed by atoms with van der Waals surface area (Å²) in [6, 6.07) is 6.04. The summed E-state index contributed by atoms with van der Waals surface area (Å²) in [7, 11) is 3.05. The smallest absolute Gasteiger partial charge is 0.254 e.